The van der Waals surface area contributed by atoms with Crippen LogP contribution in [0, 0.1) is 5.92 Å². The van der Waals surface area contributed by atoms with E-state index in [9.17, 15) is 9.59 Å². The van der Waals surface area contributed by atoms with Crippen LogP contribution in [0.4, 0.5) is 11.4 Å². The first-order chi connectivity index (χ1) is 18.1. The summed E-state index contributed by atoms with van der Waals surface area (Å²) >= 11 is 6.12. The van der Waals surface area contributed by atoms with Crippen LogP contribution >= 0.6 is 11.6 Å². The predicted molar refractivity (Wildman–Crippen MR) is 148 cm³/mol. The van der Waals surface area contributed by atoms with Gasteiger partial charge in [0, 0.05) is 28.6 Å². The van der Waals surface area contributed by atoms with E-state index in [0.717, 1.165) is 28.2 Å². The largest absolute Gasteiger partial charge is 0.357 e. The average molecular weight is 505 g/mol. The van der Waals surface area contributed by atoms with Gasteiger partial charge in [-0.2, -0.15) is 0 Å². The second kappa shape index (κ2) is 9.72. The van der Waals surface area contributed by atoms with Crippen molar-refractivity contribution in [3.05, 3.63) is 143 Å². The van der Waals surface area contributed by atoms with Gasteiger partial charge in [-0.15, -0.1) is 0 Å². The summed E-state index contributed by atoms with van der Waals surface area (Å²) in [7, 11) is 0. The Morgan fingerprint density at radius 1 is 0.784 bits per heavy atom. The van der Waals surface area contributed by atoms with Crippen LogP contribution in [0.15, 0.2) is 121 Å². The number of nitrogens with zero attached hydrogens (tertiary/aromatic N) is 1. The van der Waals surface area contributed by atoms with E-state index in [2.05, 4.69) is 11.4 Å². The quantitative estimate of drug-likeness (QED) is 0.316. The van der Waals surface area contributed by atoms with E-state index in [0.29, 0.717) is 17.0 Å². The van der Waals surface area contributed by atoms with Gasteiger partial charge in [-0.3, -0.25) is 14.5 Å². The normalized spacial score (nSPS) is 20.7. The Kier molecular flexibility index (Phi) is 6.11. The van der Waals surface area contributed by atoms with Crippen LogP contribution in [0.5, 0.6) is 0 Å². The van der Waals surface area contributed by atoms with Crippen LogP contribution in [0.1, 0.15) is 39.9 Å². The lowest BCUT2D eigenvalue weighted by Gasteiger charge is -2.37. The molecule has 0 saturated heterocycles. The molecule has 4 aromatic carbocycles. The summed E-state index contributed by atoms with van der Waals surface area (Å²) in [5.41, 5.74) is 4.90. The minimum absolute atomic E-state index is 0.0801. The monoisotopic (exact) mass is 504 g/mol. The Labute approximate surface area is 221 Å². The first-order valence-corrected chi connectivity index (χ1v) is 12.8. The smallest absolute Gasteiger partial charge is 0.258 e. The molecule has 6 rings (SSSR count). The van der Waals surface area contributed by atoms with Crippen LogP contribution in [0.25, 0.3) is 0 Å². The van der Waals surface area contributed by atoms with Crippen molar-refractivity contribution < 1.29 is 9.59 Å². The molecule has 0 aromatic heterocycles. The fourth-order valence-corrected chi connectivity index (χ4v) is 5.60. The number of benzene rings is 4. The number of ketones is 1. The molecular formula is C32H25ClN2O2. The molecule has 1 aliphatic heterocycles. The number of halogens is 1. The molecule has 3 atom stereocenters. The topological polar surface area (TPSA) is 49.4 Å². The molecule has 1 aliphatic carbocycles. The molecule has 1 amide bonds. The standard InChI is InChI=1S/C32H25ClN2O2/c33-25-17-15-21(16-18-25)24-19-27-30(29(36)20-24)31(22-9-3-1-4-10-22)35(28-14-8-7-13-26(28)34-27)32(37)23-11-5-2-6-12-23/h1-19,24,30-31,34H,20H2/t24-,30-,31+/m1/s1. The van der Waals surface area contributed by atoms with E-state index in [1.165, 1.54) is 0 Å². The predicted octanol–water partition coefficient (Wildman–Crippen LogP) is 7.41. The molecule has 0 unspecified atom stereocenters. The van der Waals surface area contributed by atoms with Crippen molar-refractivity contribution in [2.75, 3.05) is 10.2 Å². The fourth-order valence-electron chi connectivity index (χ4n) is 5.48. The molecular weight excluding hydrogens is 480 g/mol. The Hall–Kier alpha value is -4.15. The molecule has 2 aliphatic rings. The van der Waals surface area contributed by atoms with E-state index in [1.54, 1.807) is 4.90 Å². The maximum atomic E-state index is 14.2. The lowest BCUT2D eigenvalue weighted by atomic mass is 9.76. The Balaban J connectivity index is 1.55. The molecule has 182 valence electrons. The summed E-state index contributed by atoms with van der Waals surface area (Å²) in [4.78, 5) is 30.0. The molecule has 1 heterocycles. The van der Waals surface area contributed by atoms with Gasteiger partial charge in [0.2, 0.25) is 0 Å². The highest BCUT2D eigenvalue weighted by Crippen LogP contribution is 2.48. The summed E-state index contributed by atoms with van der Waals surface area (Å²) < 4.78 is 0. The fraction of sp³-hybridized carbons (Fsp3) is 0.125. The van der Waals surface area contributed by atoms with E-state index in [1.807, 2.05) is 109 Å². The third-order valence-corrected chi connectivity index (χ3v) is 7.45. The summed E-state index contributed by atoms with van der Waals surface area (Å²) in [5, 5.41) is 4.22. The SMILES string of the molecule is O=C1C[C@H](c2ccc(Cl)cc2)C=C2Nc3ccccc3N(C(=O)c3ccccc3)[C@@H](c3ccccc3)[C@@H]12. The van der Waals surface area contributed by atoms with Crippen molar-refractivity contribution in [3.63, 3.8) is 0 Å². The van der Waals surface area contributed by atoms with Crippen LogP contribution in [-0.2, 0) is 4.79 Å². The van der Waals surface area contributed by atoms with Gasteiger partial charge in [-0.05, 0) is 47.5 Å². The first kappa shape index (κ1) is 23.3. The maximum absolute atomic E-state index is 14.2. The average Bonchev–Trinajstić information content (AvgIpc) is 3.08. The minimum atomic E-state index is -0.536. The zero-order valence-electron chi connectivity index (χ0n) is 20.1. The number of Topliss-reactive ketones (excluding diaryl/α,β-unsaturated/α-hetero) is 1. The highest BCUT2D eigenvalue weighted by Gasteiger charge is 2.45. The van der Waals surface area contributed by atoms with Crippen LogP contribution in [-0.4, -0.2) is 11.7 Å². The van der Waals surface area contributed by atoms with E-state index >= 15 is 0 Å². The molecule has 1 N–H and O–H groups in total. The van der Waals surface area contributed by atoms with Crippen LogP contribution in [0.3, 0.4) is 0 Å². The Morgan fingerprint density at radius 3 is 2.16 bits per heavy atom. The number of rotatable bonds is 3. The van der Waals surface area contributed by atoms with Gasteiger partial charge in [0.25, 0.3) is 5.91 Å². The molecule has 37 heavy (non-hydrogen) atoms. The number of carbonyl (C=O) groups excluding carboxylic acids is 2. The number of fused-ring (bicyclic) bond motifs is 2. The van der Waals surface area contributed by atoms with E-state index < -0.39 is 12.0 Å². The molecule has 0 saturated carbocycles. The number of carbonyl (C=O) groups is 2. The van der Waals surface area contributed by atoms with Crippen LogP contribution in [0.2, 0.25) is 5.02 Å². The van der Waals surface area contributed by atoms with Gasteiger partial charge in [-0.25, -0.2) is 0 Å². The van der Waals surface area contributed by atoms with Gasteiger partial charge >= 0.3 is 0 Å². The zero-order valence-corrected chi connectivity index (χ0v) is 20.8. The Bertz CT molecular complexity index is 1480. The highest BCUT2D eigenvalue weighted by atomic mass is 35.5. The number of hydrogen-bond donors (Lipinski definition) is 1. The van der Waals surface area contributed by atoms with Crippen molar-refractivity contribution in [3.8, 4) is 0 Å². The van der Waals surface area contributed by atoms with Gasteiger partial charge in [0.1, 0.15) is 5.78 Å². The van der Waals surface area contributed by atoms with Gasteiger partial charge in [0.15, 0.2) is 0 Å². The lowest BCUT2D eigenvalue weighted by molar-refractivity contribution is -0.123. The number of nitrogens with one attached hydrogen (secondary N) is 1. The summed E-state index contributed by atoms with van der Waals surface area (Å²) in [6, 6.07) is 34.0. The molecule has 0 radical (unpaired) electrons. The van der Waals surface area contributed by atoms with Crippen molar-refractivity contribution in [2.24, 2.45) is 5.92 Å². The van der Waals surface area contributed by atoms with Gasteiger partial charge in [-0.1, -0.05) is 90.5 Å². The molecule has 0 spiro atoms. The number of anilines is 2. The Morgan fingerprint density at radius 2 is 1.43 bits per heavy atom. The molecule has 0 fully saturated rings. The third-order valence-electron chi connectivity index (χ3n) is 7.20. The summed E-state index contributed by atoms with van der Waals surface area (Å²) in [6.07, 6.45) is 2.50. The number of amides is 1. The zero-order chi connectivity index (χ0) is 25.4. The first-order valence-electron chi connectivity index (χ1n) is 12.4. The number of hydrogen-bond acceptors (Lipinski definition) is 3. The molecule has 4 aromatic rings. The summed E-state index contributed by atoms with van der Waals surface area (Å²) in [5.74, 6) is -0.662. The maximum Gasteiger partial charge on any atom is 0.258 e. The molecule has 4 nitrogen and oxygen atoms in total. The van der Waals surface area contributed by atoms with Crippen molar-refractivity contribution >= 4 is 34.7 Å². The highest BCUT2D eigenvalue weighted by molar-refractivity contribution is 6.30. The second-order valence-corrected chi connectivity index (χ2v) is 9.90. The minimum Gasteiger partial charge on any atom is -0.357 e. The third kappa shape index (κ3) is 4.34. The van der Waals surface area contributed by atoms with E-state index in [-0.39, 0.29) is 17.6 Å². The van der Waals surface area contributed by atoms with E-state index in [4.69, 9.17) is 11.6 Å². The van der Waals surface area contributed by atoms with Crippen molar-refractivity contribution in [2.45, 2.75) is 18.4 Å². The van der Waals surface area contributed by atoms with Gasteiger partial charge in [0.05, 0.1) is 23.3 Å². The van der Waals surface area contributed by atoms with Crippen molar-refractivity contribution in [1.29, 1.82) is 0 Å². The van der Waals surface area contributed by atoms with Gasteiger partial charge < -0.3 is 5.32 Å². The number of allylic oxidation sites excluding steroid dienone is 1. The lowest BCUT2D eigenvalue weighted by Crippen LogP contribution is -2.42. The second-order valence-electron chi connectivity index (χ2n) is 9.47. The molecule has 5 heteroatoms. The number of para-hydroxylation sites is 2. The molecule has 0 bridgehead atoms. The van der Waals surface area contributed by atoms with Crippen molar-refractivity contribution in [1.82, 2.24) is 0 Å². The summed E-state index contributed by atoms with van der Waals surface area (Å²) in [6.45, 7) is 0. The van der Waals surface area contributed by atoms with Crippen LogP contribution < -0.4 is 10.2 Å².